The Morgan fingerprint density at radius 2 is 2.29 bits per heavy atom. The van der Waals surface area contributed by atoms with Gasteiger partial charge in [-0.1, -0.05) is 6.92 Å². The van der Waals surface area contributed by atoms with Crippen molar-refractivity contribution in [3.05, 3.63) is 24.0 Å². The molecular formula is C10H12N2O2. The standard InChI is InChI=1S/C10H12N2O2/c1-7-5-12(6-7)9-2-8(10(13)14)3-11-4-9/h2-4,7H,5-6H2,1H3,(H,13,14). The third kappa shape index (κ3) is 1.55. The number of hydrogen-bond acceptors (Lipinski definition) is 3. The van der Waals surface area contributed by atoms with Gasteiger partial charge in [0.05, 0.1) is 17.4 Å². The second kappa shape index (κ2) is 3.29. The molecular weight excluding hydrogens is 180 g/mol. The van der Waals surface area contributed by atoms with Crippen LogP contribution in [-0.4, -0.2) is 29.1 Å². The molecule has 1 saturated heterocycles. The third-order valence-corrected chi connectivity index (χ3v) is 2.40. The molecule has 1 aliphatic heterocycles. The number of rotatable bonds is 2. The van der Waals surface area contributed by atoms with Crippen LogP contribution in [0.25, 0.3) is 0 Å². The molecule has 0 atom stereocenters. The maximum absolute atomic E-state index is 10.7. The van der Waals surface area contributed by atoms with Crippen LogP contribution in [0.1, 0.15) is 17.3 Å². The van der Waals surface area contributed by atoms with Crippen LogP contribution < -0.4 is 4.90 Å². The topological polar surface area (TPSA) is 53.4 Å². The molecule has 0 saturated carbocycles. The van der Waals surface area contributed by atoms with Gasteiger partial charge < -0.3 is 10.0 Å². The van der Waals surface area contributed by atoms with E-state index in [1.807, 2.05) is 0 Å². The maximum atomic E-state index is 10.7. The second-order valence-corrected chi connectivity index (χ2v) is 3.75. The Hall–Kier alpha value is -1.58. The molecule has 0 spiro atoms. The van der Waals surface area contributed by atoms with Gasteiger partial charge in [0.2, 0.25) is 0 Å². The van der Waals surface area contributed by atoms with Crippen molar-refractivity contribution in [3.8, 4) is 0 Å². The first-order valence-corrected chi connectivity index (χ1v) is 4.60. The lowest BCUT2D eigenvalue weighted by molar-refractivity contribution is 0.0696. The fourth-order valence-corrected chi connectivity index (χ4v) is 1.63. The number of hydrogen-bond donors (Lipinski definition) is 1. The fraction of sp³-hybridized carbons (Fsp3) is 0.400. The fourth-order valence-electron chi connectivity index (χ4n) is 1.63. The van der Waals surface area contributed by atoms with E-state index >= 15 is 0 Å². The molecule has 0 aromatic carbocycles. The van der Waals surface area contributed by atoms with Crippen molar-refractivity contribution in [1.82, 2.24) is 4.98 Å². The van der Waals surface area contributed by atoms with E-state index in [0.29, 0.717) is 5.92 Å². The summed E-state index contributed by atoms with van der Waals surface area (Å²) in [6.07, 6.45) is 3.08. The highest BCUT2D eigenvalue weighted by Crippen LogP contribution is 2.23. The van der Waals surface area contributed by atoms with Crippen LogP contribution in [-0.2, 0) is 0 Å². The summed E-state index contributed by atoms with van der Waals surface area (Å²) in [6, 6.07) is 1.67. The largest absolute Gasteiger partial charge is 0.478 e. The van der Waals surface area contributed by atoms with Crippen molar-refractivity contribution in [2.45, 2.75) is 6.92 Å². The van der Waals surface area contributed by atoms with Crippen molar-refractivity contribution in [3.63, 3.8) is 0 Å². The molecule has 0 radical (unpaired) electrons. The van der Waals surface area contributed by atoms with E-state index in [4.69, 9.17) is 5.11 Å². The number of carboxylic acids is 1. The van der Waals surface area contributed by atoms with Crippen molar-refractivity contribution in [2.75, 3.05) is 18.0 Å². The smallest absolute Gasteiger partial charge is 0.337 e. The van der Waals surface area contributed by atoms with Crippen molar-refractivity contribution in [2.24, 2.45) is 5.92 Å². The van der Waals surface area contributed by atoms with Crippen LogP contribution in [0.2, 0.25) is 0 Å². The lowest BCUT2D eigenvalue weighted by Crippen LogP contribution is -2.45. The summed E-state index contributed by atoms with van der Waals surface area (Å²) in [5.74, 6) is -0.226. The van der Waals surface area contributed by atoms with E-state index in [9.17, 15) is 4.79 Å². The highest BCUT2D eigenvalue weighted by molar-refractivity contribution is 5.88. The van der Waals surface area contributed by atoms with Crippen LogP contribution in [0.15, 0.2) is 18.5 Å². The Kier molecular flexibility index (Phi) is 2.11. The molecule has 14 heavy (non-hydrogen) atoms. The lowest BCUT2D eigenvalue weighted by atomic mass is 10.0. The van der Waals surface area contributed by atoms with Gasteiger partial charge in [-0.05, 0) is 12.0 Å². The monoisotopic (exact) mass is 192 g/mol. The second-order valence-electron chi connectivity index (χ2n) is 3.75. The summed E-state index contributed by atoms with van der Waals surface area (Å²) >= 11 is 0. The molecule has 4 nitrogen and oxygen atoms in total. The average molecular weight is 192 g/mol. The van der Waals surface area contributed by atoms with Crippen LogP contribution in [0, 0.1) is 5.92 Å². The Morgan fingerprint density at radius 3 is 2.86 bits per heavy atom. The van der Waals surface area contributed by atoms with Gasteiger partial charge in [0.15, 0.2) is 0 Å². The summed E-state index contributed by atoms with van der Waals surface area (Å²) in [5.41, 5.74) is 1.16. The molecule has 1 aliphatic rings. The summed E-state index contributed by atoms with van der Waals surface area (Å²) in [7, 11) is 0. The Bertz CT molecular complexity index is 359. The van der Waals surface area contributed by atoms with Gasteiger partial charge in [-0.3, -0.25) is 4.98 Å². The zero-order valence-electron chi connectivity index (χ0n) is 7.97. The van der Waals surface area contributed by atoms with Gasteiger partial charge in [-0.15, -0.1) is 0 Å². The normalized spacial score (nSPS) is 16.5. The summed E-state index contributed by atoms with van der Waals surface area (Å²) in [6.45, 7) is 4.15. The van der Waals surface area contributed by atoms with Crippen LogP contribution in [0.4, 0.5) is 5.69 Å². The van der Waals surface area contributed by atoms with Gasteiger partial charge in [-0.25, -0.2) is 4.79 Å². The van der Waals surface area contributed by atoms with Crippen LogP contribution >= 0.6 is 0 Å². The SMILES string of the molecule is CC1CN(c2cncc(C(=O)O)c2)C1. The van der Waals surface area contributed by atoms with Crippen molar-refractivity contribution >= 4 is 11.7 Å². The first kappa shape index (κ1) is 8.99. The first-order valence-electron chi connectivity index (χ1n) is 4.60. The third-order valence-electron chi connectivity index (χ3n) is 2.40. The first-order chi connectivity index (χ1) is 6.66. The zero-order chi connectivity index (χ0) is 10.1. The van der Waals surface area contributed by atoms with E-state index < -0.39 is 5.97 Å². The van der Waals surface area contributed by atoms with E-state index in [0.717, 1.165) is 18.8 Å². The molecule has 0 unspecified atom stereocenters. The number of nitrogens with zero attached hydrogens (tertiary/aromatic N) is 2. The lowest BCUT2D eigenvalue weighted by Gasteiger charge is -2.38. The number of pyridine rings is 1. The van der Waals surface area contributed by atoms with Gasteiger partial charge in [0.25, 0.3) is 0 Å². The molecule has 1 aromatic heterocycles. The predicted molar refractivity (Wildman–Crippen MR) is 52.6 cm³/mol. The summed E-state index contributed by atoms with van der Waals surface area (Å²) < 4.78 is 0. The number of aromatic nitrogens is 1. The van der Waals surface area contributed by atoms with E-state index in [-0.39, 0.29) is 5.56 Å². The molecule has 1 N–H and O–H groups in total. The molecule has 1 fully saturated rings. The highest BCUT2D eigenvalue weighted by atomic mass is 16.4. The van der Waals surface area contributed by atoms with Crippen molar-refractivity contribution < 1.29 is 9.90 Å². The number of aromatic carboxylic acids is 1. The maximum Gasteiger partial charge on any atom is 0.337 e. The van der Waals surface area contributed by atoms with E-state index in [1.54, 1.807) is 12.3 Å². The molecule has 2 heterocycles. The zero-order valence-corrected chi connectivity index (χ0v) is 7.97. The quantitative estimate of drug-likeness (QED) is 0.765. The molecule has 1 aromatic rings. The minimum Gasteiger partial charge on any atom is -0.478 e. The minimum absolute atomic E-state index is 0.252. The van der Waals surface area contributed by atoms with Gasteiger partial charge in [0, 0.05) is 19.3 Å². The van der Waals surface area contributed by atoms with E-state index in [1.165, 1.54) is 6.20 Å². The number of carbonyl (C=O) groups is 1. The van der Waals surface area contributed by atoms with Crippen LogP contribution in [0.3, 0.4) is 0 Å². The molecule has 2 rings (SSSR count). The van der Waals surface area contributed by atoms with E-state index in [2.05, 4.69) is 16.8 Å². The predicted octanol–water partition coefficient (Wildman–Crippen LogP) is 1.24. The molecule has 0 aliphatic carbocycles. The Labute approximate surface area is 82.2 Å². The Morgan fingerprint density at radius 1 is 1.57 bits per heavy atom. The average Bonchev–Trinajstić information content (AvgIpc) is 2.13. The van der Waals surface area contributed by atoms with Crippen LogP contribution in [0.5, 0.6) is 0 Å². The molecule has 74 valence electrons. The number of carboxylic acid groups (broad SMARTS) is 1. The van der Waals surface area contributed by atoms with Gasteiger partial charge in [0.1, 0.15) is 0 Å². The summed E-state index contributed by atoms with van der Waals surface area (Å²) in [5, 5.41) is 8.78. The van der Waals surface area contributed by atoms with Crippen molar-refractivity contribution in [1.29, 1.82) is 0 Å². The summed E-state index contributed by atoms with van der Waals surface area (Å²) in [4.78, 5) is 16.7. The molecule has 4 heteroatoms. The Balaban J connectivity index is 2.18. The van der Waals surface area contributed by atoms with Gasteiger partial charge >= 0.3 is 5.97 Å². The minimum atomic E-state index is -0.923. The highest BCUT2D eigenvalue weighted by Gasteiger charge is 2.23. The number of anilines is 1. The molecule has 0 bridgehead atoms. The van der Waals surface area contributed by atoms with Gasteiger partial charge in [-0.2, -0.15) is 0 Å². The molecule has 0 amide bonds.